The summed E-state index contributed by atoms with van der Waals surface area (Å²) in [6.07, 6.45) is 0. The topological polar surface area (TPSA) is 180 Å². The molecule has 0 aromatic carbocycles. The number of nitrogens with zero attached hydrogens (tertiary/aromatic N) is 2. The van der Waals surface area contributed by atoms with Crippen LogP contribution >= 0.6 is 0 Å². The molecule has 0 aliphatic heterocycles. The molecule has 0 saturated carbocycles. The molecule has 0 aromatic heterocycles. The molecular formula is C10H18N4O8. The zero-order valence-electron chi connectivity index (χ0n) is 11.6. The van der Waals surface area contributed by atoms with E-state index in [1.807, 2.05) is 0 Å². The minimum absolute atomic E-state index is 0.0499. The van der Waals surface area contributed by atoms with Gasteiger partial charge < -0.3 is 10.2 Å². The normalized spacial score (nSPS) is 10.5. The maximum atomic E-state index is 11.0. The van der Waals surface area contributed by atoms with E-state index in [1.165, 1.54) is 11.0 Å². The third-order valence-corrected chi connectivity index (χ3v) is 2.43. The van der Waals surface area contributed by atoms with Crippen molar-refractivity contribution in [2.45, 2.75) is 0 Å². The molecule has 0 aliphatic carbocycles. The summed E-state index contributed by atoms with van der Waals surface area (Å²) >= 11 is 0. The first-order valence-electron chi connectivity index (χ1n) is 6.02. The molecule has 0 unspecified atom stereocenters. The van der Waals surface area contributed by atoms with Gasteiger partial charge in [0, 0.05) is 13.1 Å². The molecule has 2 amide bonds. The summed E-state index contributed by atoms with van der Waals surface area (Å²) in [6, 6.07) is 0. The van der Waals surface area contributed by atoms with Crippen LogP contribution in [0.4, 0.5) is 0 Å². The molecule has 6 N–H and O–H groups in total. The SMILES string of the molecule is O=C(O)CN(CCN(CC(=O)O)CC(=O)NO)CC(=O)NO. The number of hydrogen-bond acceptors (Lipinski definition) is 8. The van der Waals surface area contributed by atoms with E-state index in [-0.39, 0.29) is 13.1 Å². The van der Waals surface area contributed by atoms with E-state index in [0.717, 1.165) is 9.80 Å². The van der Waals surface area contributed by atoms with Crippen molar-refractivity contribution < 1.29 is 39.8 Å². The zero-order valence-corrected chi connectivity index (χ0v) is 11.6. The Hall–Kier alpha value is -2.28. The van der Waals surface area contributed by atoms with Gasteiger partial charge in [0.25, 0.3) is 11.8 Å². The number of aliphatic carboxylic acids is 2. The summed E-state index contributed by atoms with van der Waals surface area (Å²) in [5.74, 6) is -4.11. The van der Waals surface area contributed by atoms with Gasteiger partial charge in [0.2, 0.25) is 0 Å². The summed E-state index contributed by atoms with van der Waals surface area (Å²) in [5.41, 5.74) is 2.70. The Balaban J connectivity index is 4.63. The third kappa shape index (κ3) is 9.60. The molecule has 0 bridgehead atoms. The third-order valence-electron chi connectivity index (χ3n) is 2.43. The van der Waals surface area contributed by atoms with Gasteiger partial charge in [-0.05, 0) is 0 Å². The Labute approximate surface area is 124 Å². The summed E-state index contributed by atoms with van der Waals surface area (Å²) in [6.45, 7) is -1.97. The Morgan fingerprint density at radius 3 is 1.23 bits per heavy atom. The van der Waals surface area contributed by atoms with Gasteiger partial charge in [-0.1, -0.05) is 0 Å². The second-order valence-electron chi connectivity index (χ2n) is 4.28. The number of carboxylic acid groups (broad SMARTS) is 2. The number of rotatable bonds is 11. The van der Waals surface area contributed by atoms with Gasteiger partial charge in [0.1, 0.15) is 0 Å². The number of hydroxylamine groups is 2. The molecule has 0 spiro atoms. The van der Waals surface area contributed by atoms with Crippen molar-refractivity contribution >= 4 is 23.8 Å². The first-order chi connectivity index (χ1) is 10.3. The summed E-state index contributed by atoms with van der Waals surface area (Å²) in [4.78, 5) is 45.7. The number of nitrogens with one attached hydrogen (secondary N) is 2. The Morgan fingerprint density at radius 1 is 0.682 bits per heavy atom. The van der Waals surface area contributed by atoms with Crippen LogP contribution in [0.3, 0.4) is 0 Å². The van der Waals surface area contributed by atoms with Crippen molar-refractivity contribution in [3.8, 4) is 0 Å². The standard InChI is InChI=1S/C10H18N4O8/c15-7(11-21)3-13(5-9(17)18)1-2-14(6-10(19)20)4-8(16)12-22/h21-22H,1-6H2,(H,11,15)(H,12,16)(H,17,18)(H,19,20). The maximum absolute atomic E-state index is 11.0. The smallest absolute Gasteiger partial charge is 0.317 e. The van der Waals surface area contributed by atoms with E-state index in [0.29, 0.717) is 0 Å². The minimum atomic E-state index is -1.22. The highest BCUT2D eigenvalue weighted by Gasteiger charge is 2.18. The number of carboxylic acids is 2. The molecule has 0 saturated heterocycles. The highest BCUT2D eigenvalue weighted by Crippen LogP contribution is 1.94. The highest BCUT2D eigenvalue weighted by atomic mass is 16.5. The van der Waals surface area contributed by atoms with Crippen molar-refractivity contribution in [1.29, 1.82) is 0 Å². The lowest BCUT2D eigenvalue weighted by atomic mass is 10.3. The fourth-order valence-electron chi connectivity index (χ4n) is 1.57. The van der Waals surface area contributed by atoms with Crippen LogP contribution in [0.1, 0.15) is 0 Å². The van der Waals surface area contributed by atoms with E-state index in [4.69, 9.17) is 20.6 Å². The van der Waals surface area contributed by atoms with Crippen LogP contribution in [0.15, 0.2) is 0 Å². The number of carbonyl (C=O) groups is 4. The molecule has 22 heavy (non-hydrogen) atoms. The predicted molar refractivity (Wildman–Crippen MR) is 68.0 cm³/mol. The van der Waals surface area contributed by atoms with Crippen LogP contribution < -0.4 is 11.0 Å². The molecular weight excluding hydrogens is 304 g/mol. The lowest BCUT2D eigenvalue weighted by molar-refractivity contribution is -0.142. The van der Waals surface area contributed by atoms with Gasteiger partial charge in [0.15, 0.2) is 0 Å². The van der Waals surface area contributed by atoms with Crippen LogP contribution in [-0.4, -0.2) is 93.4 Å². The van der Waals surface area contributed by atoms with Gasteiger partial charge in [-0.2, -0.15) is 0 Å². The number of hydrogen-bond donors (Lipinski definition) is 6. The van der Waals surface area contributed by atoms with Crippen molar-refractivity contribution in [2.75, 3.05) is 39.3 Å². The van der Waals surface area contributed by atoms with Crippen LogP contribution in [-0.2, 0) is 19.2 Å². The molecule has 12 heteroatoms. The first-order valence-corrected chi connectivity index (χ1v) is 6.02. The second-order valence-corrected chi connectivity index (χ2v) is 4.28. The molecule has 0 atom stereocenters. The Morgan fingerprint density at radius 2 is 1.00 bits per heavy atom. The quantitative estimate of drug-likeness (QED) is 0.167. The van der Waals surface area contributed by atoms with Crippen molar-refractivity contribution in [3.63, 3.8) is 0 Å². The van der Waals surface area contributed by atoms with E-state index in [1.54, 1.807) is 0 Å². The number of amides is 2. The van der Waals surface area contributed by atoms with Crippen LogP contribution in [0.2, 0.25) is 0 Å². The molecule has 0 aromatic rings. The summed E-state index contributed by atoms with van der Waals surface area (Å²) in [7, 11) is 0. The van der Waals surface area contributed by atoms with Crippen LogP contribution in [0, 0.1) is 0 Å². The Bertz CT molecular complexity index is 378. The molecule has 126 valence electrons. The van der Waals surface area contributed by atoms with Crippen LogP contribution in [0.5, 0.6) is 0 Å². The van der Waals surface area contributed by atoms with Gasteiger partial charge >= 0.3 is 11.9 Å². The molecule has 0 radical (unpaired) electrons. The van der Waals surface area contributed by atoms with Crippen molar-refractivity contribution in [1.82, 2.24) is 20.8 Å². The largest absolute Gasteiger partial charge is 0.480 e. The lowest BCUT2D eigenvalue weighted by Gasteiger charge is -2.24. The second kappa shape index (κ2) is 10.4. The first kappa shape index (κ1) is 19.7. The fraction of sp³-hybridized carbons (Fsp3) is 0.600. The van der Waals surface area contributed by atoms with Gasteiger partial charge in [-0.3, -0.25) is 39.4 Å². The van der Waals surface area contributed by atoms with Gasteiger partial charge in [-0.25, -0.2) is 11.0 Å². The average Bonchev–Trinajstić information content (AvgIpc) is 2.42. The molecule has 12 nitrogen and oxygen atoms in total. The molecule has 0 heterocycles. The zero-order chi connectivity index (χ0) is 17.1. The van der Waals surface area contributed by atoms with E-state index in [2.05, 4.69) is 0 Å². The van der Waals surface area contributed by atoms with Crippen molar-refractivity contribution in [2.24, 2.45) is 0 Å². The monoisotopic (exact) mass is 322 g/mol. The van der Waals surface area contributed by atoms with E-state index < -0.39 is 49.9 Å². The highest BCUT2D eigenvalue weighted by molar-refractivity contribution is 5.78. The summed E-state index contributed by atoms with van der Waals surface area (Å²) in [5, 5.41) is 34.3. The maximum Gasteiger partial charge on any atom is 0.317 e. The predicted octanol–water partition coefficient (Wildman–Crippen LogP) is -3.23. The minimum Gasteiger partial charge on any atom is -0.480 e. The molecule has 0 rings (SSSR count). The lowest BCUT2D eigenvalue weighted by Crippen LogP contribution is -2.46. The van der Waals surface area contributed by atoms with Gasteiger partial charge in [-0.15, -0.1) is 0 Å². The Kier molecular flexibility index (Phi) is 9.36. The van der Waals surface area contributed by atoms with E-state index >= 15 is 0 Å². The molecule has 0 aliphatic rings. The van der Waals surface area contributed by atoms with E-state index in [9.17, 15) is 19.2 Å². The number of carbonyl (C=O) groups excluding carboxylic acids is 2. The van der Waals surface area contributed by atoms with Gasteiger partial charge in [0.05, 0.1) is 26.2 Å². The van der Waals surface area contributed by atoms with Crippen LogP contribution in [0.25, 0.3) is 0 Å². The molecule has 0 fully saturated rings. The average molecular weight is 322 g/mol. The summed E-state index contributed by atoms with van der Waals surface area (Å²) < 4.78 is 0. The fourth-order valence-corrected chi connectivity index (χ4v) is 1.57. The van der Waals surface area contributed by atoms with Crippen molar-refractivity contribution in [3.05, 3.63) is 0 Å².